The lowest BCUT2D eigenvalue weighted by molar-refractivity contribution is 0.704. The molecule has 147 valence electrons. The molecule has 28 heavy (non-hydrogen) atoms. The molecule has 1 aliphatic rings. The van der Waals surface area contributed by atoms with Crippen LogP contribution < -0.4 is 10.6 Å². The number of rotatable bonds is 5. The summed E-state index contributed by atoms with van der Waals surface area (Å²) in [5, 5.41) is 3.55. The molecule has 0 heterocycles. The normalized spacial score (nSPS) is 17.0. The molecule has 0 amide bonds. The number of hydrogen-bond acceptors (Lipinski definition) is 0. The monoisotopic (exact) mass is 407 g/mol. The van der Waals surface area contributed by atoms with E-state index in [9.17, 15) is 0 Å². The summed E-state index contributed by atoms with van der Waals surface area (Å²) in [6, 6.07) is 22.1. The number of benzene rings is 2. The van der Waals surface area contributed by atoms with E-state index in [-0.39, 0.29) is 7.92 Å². The fourth-order valence-corrected chi connectivity index (χ4v) is 10.2. The van der Waals surface area contributed by atoms with E-state index in [1.165, 1.54) is 22.4 Å². The molecule has 2 aromatic carbocycles. The lowest BCUT2D eigenvalue weighted by atomic mass is 10.1. The predicted molar refractivity (Wildman–Crippen MR) is 130 cm³/mol. The van der Waals surface area contributed by atoms with E-state index in [2.05, 4.69) is 121 Å². The Hall–Kier alpha value is -0.700. The number of hydrogen-bond donors (Lipinski definition) is 0. The summed E-state index contributed by atoms with van der Waals surface area (Å²) in [6.07, 6.45) is 8.22. The third-order valence-corrected chi connectivity index (χ3v) is 11.5. The van der Waals surface area contributed by atoms with Crippen LogP contribution in [-0.4, -0.2) is 16.5 Å². The first-order valence-electron chi connectivity index (χ1n) is 10.1. The second-order valence-corrected chi connectivity index (χ2v) is 15.4. The molecule has 0 atom stereocenters. The van der Waals surface area contributed by atoms with Crippen molar-refractivity contribution in [3.63, 3.8) is 0 Å². The quantitative estimate of drug-likeness (QED) is 0.471. The molecule has 2 heteroatoms. The maximum atomic E-state index is 2.42. The Balaban J connectivity index is 1.94. The molecule has 0 nitrogen and oxygen atoms in total. The Morgan fingerprint density at radius 3 is 1.54 bits per heavy atom. The van der Waals surface area contributed by atoms with Crippen molar-refractivity contribution in [2.24, 2.45) is 0 Å². The summed E-state index contributed by atoms with van der Waals surface area (Å²) in [6.45, 7) is 14.5. The SMILES string of the molecule is CC(C)(C)P(C[C]1[CH][CH][CH][C]1P(c1ccccc1)c1ccccc1)C(C)(C)C. The zero-order valence-corrected chi connectivity index (χ0v) is 19.9. The maximum absolute atomic E-state index is 2.42. The van der Waals surface area contributed by atoms with Crippen LogP contribution >= 0.6 is 15.8 Å². The average Bonchev–Trinajstić information content (AvgIpc) is 3.08. The van der Waals surface area contributed by atoms with Gasteiger partial charge in [-0.05, 0) is 60.2 Å². The molecule has 0 aliphatic heterocycles. The van der Waals surface area contributed by atoms with E-state index in [1.54, 1.807) is 5.92 Å². The fourth-order valence-electron chi connectivity index (χ4n) is 4.03. The van der Waals surface area contributed by atoms with Crippen molar-refractivity contribution < 1.29 is 0 Å². The van der Waals surface area contributed by atoms with Crippen molar-refractivity contribution >= 4 is 26.5 Å². The highest BCUT2D eigenvalue weighted by Gasteiger charge is 2.42. The minimum atomic E-state index is -0.522. The minimum absolute atomic E-state index is 0.162. The summed E-state index contributed by atoms with van der Waals surface area (Å²) in [4.78, 5) is 0. The first-order valence-corrected chi connectivity index (χ1v) is 13.0. The Kier molecular flexibility index (Phi) is 7.05. The highest BCUT2D eigenvalue weighted by molar-refractivity contribution is 7.76. The van der Waals surface area contributed by atoms with Crippen molar-refractivity contribution in [2.75, 3.05) is 6.16 Å². The molecule has 0 spiro atoms. The molecule has 0 unspecified atom stereocenters. The molecule has 1 aliphatic carbocycles. The van der Waals surface area contributed by atoms with E-state index in [1.807, 2.05) is 0 Å². The van der Waals surface area contributed by atoms with Crippen LogP contribution in [0.5, 0.6) is 0 Å². The molecule has 1 saturated carbocycles. The van der Waals surface area contributed by atoms with E-state index < -0.39 is 7.92 Å². The van der Waals surface area contributed by atoms with Gasteiger partial charge in [-0.15, -0.1) is 0 Å². The maximum Gasteiger partial charge on any atom is 0.0198 e. The van der Waals surface area contributed by atoms with Gasteiger partial charge in [0, 0.05) is 5.66 Å². The topological polar surface area (TPSA) is 0 Å². The van der Waals surface area contributed by atoms with Crippen LogP contribution in [0.25, 0.3) is 0 Å². The van der Waals surface area contributed by atoms with Crippen LogP contribution in [0.15, 0.2) is 60.7 Å². The molecule has 0 aromatic heterocycles. The molecule has 0 N–H and O–H groups in total. The molecule has 2 aromatic rings. The van der Waals surface area contributed by atoms with Gasteiger partial charge >= 0.3 is 0 Å². The summed E-state index contributed by atoms with van der Waals surface area (Å²) >= 11 is 0. The predicted octanol–water partition coefficient (Wildman–Crippen LogP) is 6.93. The smallest absolute Gasteiger partial charge is 0.0198 e. The van der Waals surface area contributed by atoms with E-state index in [4.69, 9.17) is 0 Å². The van der Waals surface area contributed by atoms with Crippen LogP contribution in [0.3, 0.4) is 0 Å². The summed E-state index contributed by atoms with van der Waals surface area (Å²) in [5.74, 6) is 1.55. The zero-order valence-electron chi connectivity index (χ0n) is 18.1. The lowest BCUT2D eigenvalue weighted by Gasteiger charge is -2.44. The van der Waals surface area contributed by atoms with E-state index in [0.29, 0.717) is 10.3 Å². The average molecular weight is 407 g/mol. The van der Waals surface area contributed by atoms with Gasteiger partial charge in [-0.1, -0.05) is 110 Å². The largest absolute Gasteiger partial charge is 0.0950 e. The molecule has 3 rings (SSSR count). The van der Waals surface area contributed by atoms with Crippen LogP contribution in [0.2, 0.25) is 0 Å². The second-order valence-electron chi connectivity index (χ2n) is 9.37. The van der Waals surface area contributed by atoms with Gasteiger partial charge in [-0.25, -0.2) is 0 Å². The van der Waals surface area contributed by atoms with Crippen LogP contribution in [-0.2, 0) is 0 Å². The molecular formula is C26H33P2. The van der Waals surface area contributed by atoms with Gasteiger partial charge < -0.3 is 0 Å². The summed E-state index contributed by atoms with van der Waals surface area (Å²) < 4.78 is 0. The summed E-state index contributed by atoms with van der Waals surface area (Å²) in [5.41, 5.74) is 1.54. The standard InChI is InChI=1S/C26H33P2/c1-25(2,3)27(26(4,5)6)20-21-14-13-19-24(21)28(22-15-9-7-10-16-22)23-17-11-8-12-18-23/h7-19H,20H2,1-6H3. The first-order chi connectivity index (χ1) is 13.2. The Morgan fingerprint density at radius 2 is 1.11 bits per heavy atom. The fraction of sp³-hybridized carbons (Fsp3) is 0.346. The second kappa shape index (κ2) is 8.98. The van der Waals surface area contributed by atoms with Gasteiger partial charge in [0.15, 0.2) is 0 Å². The molecule has 0 bridgehead atoms. The van der Waals surface area contributed by atoms with Crippen molar-refractivity contribution in [3.05, 3.63) is 91.5 Å². The van der Waals surface area contributed by atoms with Gasteiger partial charge in [0.1, 0.15) is 0 Å². The Bertz CT molecular complexity index is 671. The highest BCUT2D eigenvalue weighted by Crippen LogP contribution is 2.65. The van der Waals surface area contributed by atoms with Crippen molar-refractivity contribution in [1.29, 1.82) is 0 Å². The Morgan fingerprint density at radius 1 is 0.643 bits per heavy atom. The zero-order chi connectivity index (χ0) is 20.4. The third kappa shape index (κ3) is 5.26. The first kappa shape index (κ1) is 22.0. The molecule has 1 fully saturated rings. The Labute approximate surface area is 176 Å². The van der Waals surface area contributed by atoms with Crippen LogP contribution in [0.1, 0.15) is 41.5 Å². The van der Waals surface area contributed by atoms with Gasteiger partial charge in [0.05, 0.1) is 0 Å². The lowest BCUT2D eigenvalue weighted by Crippen LogP contribution is -2.29. The van der Waals surface area contributed by atoms with Crippen LogP contribution in [0, 0.1) is 30.8 Å². The van der Waals surface area contributed by atoms with Gasteiger partial charge in [-0.2, -0.15) is 0 Å². The van der Waals surface area contributed by atoms with Crippen molar-refractivity contribution in [2.45, 2.75) is 51.9 Å². The van der Waals surface area contributed by atoms with E-state index >= 15 is 0 Å². The summed E-state index contributed by atoms with van der Waals surface area (Å²) in [7, 11) is -0.683. The minimum Gasteiger partial charge on any atom is -0.0950 e. The van der Waals surface area contributed by atoms with Crippen molar-refractivity contribution in [3.8, 4) is 0 Å². The molecular weight excluding hydrogens is 374 g/mol. The van der Waals surface area contributed by atoms with Gasteiger partial charge in [-0.3, -0.25) is 0 Å². The van der Waals surface area contributed by atoms with Gasteiger partial charge in [0.25, 0.3) is 0 Å². The highest BCUT2D eigenvalue weighted by atomic mass is 31.1. The third-order valence-electron chi connectivity index (χ3n) is 5.10. The van der Waals surface area contributed by atoms with Crippen molar-refractivity contribution in [1.82, 2.24) is 0 Å². The van der Waals surface area contributed by atoms with E-state index in [0.717, 1.165) is 0 Å². The van der Waals surface area contributed by atoms with Crippen LogP contribution in [0.4, 0.5) is 0 Å². The molecule has 0 saturated heterocycles. The van der Waals surface area contributed by atoms with Gasteiger partial charge in [0.2, 0.25) is 0 Å². The molecule has 5 radical (unpaired) electrons.